The van der Waals surface area contributed by atoms with E-state index in [9.17, 15) is 9.59 Å². The smallest absolute Gasteiger partial charge is 0.324 e. The number of carbonyl (C=O) groups excluding carboxylic acids is 2. The number of hydrogen-bond donors (Lipinski definition) is 4. The number of urea groups is 1. The summed E-state index contributed by atoms with van der Waals surface area (Å²) in [6, 6.07) is 8.05. The van der Waals surface area contributed by atoms with Gasteiger partial charge in [-0.1, -0.05) is 38.1 Å². The number of hydrogen-bond acceptors (Lipinski definition) is 6. The molecule has 0 saturated heterocycles. The Bertz CT molecular complexity index is 1150. The lowest BCUT2D eigenvalue weighted by Crippen LogP contribution is -2.25. The summed E-state index contributed by atoms with van der Waals surface area (Å²) in [6.45, 7) is 11.7. The fourth-order valence-corrected chi connectivity index (χ4v) is 3.07. The maximum atomic E-state index is 12.3. The summed E-state index contributed by atoms with van der Waals surface area (Å²) in [4.78, 5) is 24.3. The number of nitrogens with two attached hydrogens (primary N) is 2. The maximum absolute atomic E-state index is 12.3. The average Bonchev–Trinajstić information content (AvgIpc) is 3.26. The molecule has 0 bridgehead atoms. The van der Waals surface area contributed by atoms with Crippen molar-refractivity contribution in [2.45, 2.75) is 52.5 Å². The lowest BCUT2D eigenvalue weighted by Gasteiger charge is -2.20. The van der Waals surface area contributed by atoms with E-state index in [-0.39, 0.29) is 16.8 Å². The Kier molecular flexibility index (Phi) is 5.73. The van der Waals surface area contributed by atoms with E-state index in [1.54, 1.807) is 35.0 Å². The Balaban J connectivity index is 1.78. The molecule has 6 N–H and O–H groups in total. The quantitative estimate of drug-likeness (QED) is 0.483. The van der Waals surface area contributed by atoms with E-state index in [1.807, 2.05) is 41.5 Å². The standard InChI is InChI=1S/C22H29N7O3/c1-21(2,3)14-11-15(28-32-14)26-20(31)25-13-9-7-12(8-10-13)17-16(19(24)30)18(23)29(27-17)22(4,5)6/h7-11H,23H2,1-6H3,(H2,24,30)(H2,25,26,28,31). The summed E-state index contributed by atoms with van der Waals surface area (Å²) < 4.78 is 6.84. The van der Waals surface area contributed by atoms with Crippen molar-refractivity contribution in [3.05, 3.63) is 41.7 Å². The third kappa shape index (κ3) is 4.74. The lowest BCUT2D eigenvalue weighted by molar-refractivity contribution is 0.100. The van der Waals surface area contributed by atoms with Crippen molar-refractivity contribution in [3.63, 3.8) is 0 Å². The van der Waals surface area contributed by atoms with E-state index >= 15 is 0 Å². The van der Waals surface area contributed by atoms with E-state index < -0.39 is 17.5 Å². The van der Waals surface area contributed by atoms with Gasteiger partial charge in [0, 0.05) is 22.7 Å². The van der Waals surface area contributed by atoms with E-state index in [0.29, 0.717) is 28.5 Å². The SMILES string of the molecule is CC(C)(C)c1cc(NC(=O)Nc2ccc(-c3nn(C(C)(C)C)c(N)c3C(N)=O)cc2)no1. The summed E-state index contributed by atoms with van der Waals surface area (Å²) in [5.41, 5.74) is 12.8. The second kappa shape index (κ2) is 8.03. The van der Waals surface area contributed by atoms with E-state index in [4.69, 9.17) is 16.0 Å². The summed E-state index contributed by atoms with van der Waals surface area (Å²) in [5, 5.41) is 13.7. The van der Waals surface area contributed by atoms with Crippen LogP contribution in [0.15, 0.2) is 34.9 Å². The Morgan fingerprint density at radius 1 is 1.03 bits per heavy atom. The van der Waals surface area contributed by atoms with Gasteiger partial charge in [0.25, 0.3) is 5.91 Å². The largest absolute Gasteiger partial charge is 0.383 e. The zero-order valence-electron chi connectivity index (χ0n) is 19.1. The van der Waals surface area contributed by atoms with Gasteiger partial charge in [-0.3, -0.25) is 10.1 Å². The van der Waals surface area contributed by atoms with Crippen molar-refractivity contribution in [2.24, 2.45) is 5.73 Å². The molecule has 3 aromatic rings. The van der Waals surface area contributed by atoms with E-state index in [1.165, 1.54) is 0 Å². The maximum Gasteiger partial charge on any atom is 0.324 e. The second-order valence-electron chi connectivity index (χ2n) is 9.54. The molecule has 0 unspecified atom stereocenters. The monoisotopic (exact) mass is 439 g/mol. The van der Waals surface area contributed by atoms with Crippen LogP contribution in [-0.4, -0.2) is 26.9 Å². The van der Waals surface area contributed by atoms with Gasteiger partial charge in [0.1, 0.15) is 22.8 Å². The first-order valence-corrected chi connectivity index (χ1v) is 10.1. The third-order valence-corrected chi connectivity index (χ3v) is 4.71. The number of nitrogen functional groups attached to an aromatic ring is 1. The van der Waals surface area contributed by atoms with Gasteiger partial charge in [0.05, 0.1) is 5.54 Å². The van der Waals surface area contributed by atoms with E-state index in [2.05, 4.69) is 20.9 Å². The molecular formula is C22H29N7O3. The molecule has 0 aliphatic rings. The molecule has 0 saturated carbocycles. The van der Waals surface area contributed by atoms with Crippen molar-refractivity contribution in [1.29, 1.82) is 0 Å². The molecule has 0 aliphatic carbocycles. The molecule has 1 aromatic carbocycles. The van der Waals surface area contributed by atoms with Gasteiger partial charge in [0.15, 0.2) is 5.82 Å². The molecule has 10 nitrogen and oxygen atoms in total. The molecule has 0 aliphatic heterocycles. The normalized spacial score (nSPS) is 11.9. The van der Waals surface area contributed by atoms with Crippen LogP contribution < -0.4 is 22.1 Å². The van der Waals surface area contributed by atoms with Gasteiger partial charge in [-0.05, 0) is 32.9 Å². The zero-order chi connectivity index (χ0) is 23.8. The second-order valence-corrected chi connectivity index (χ2v) is 9.54. The van der Waals surface area contributed by atoms with Gasteiger partial charge < -0.3 is 21.3 Å². The minimum atomic E-state index is -0.656. The minimum absolute atomic E-state index is 0.166. The van der Waals surface area contributed by atoms with Crippen LogP contribution in [-0.2, 0) is 11.0 Å². The topological polar surface area (TPSA) is 154 Å². The highest BCUT2D eigenvalue weighted by Crippen LogP contribution is 2.31. The number of carbonyl (C=O) groups is 2. The molecular weight excluding hydrogens is 410 g/mol. The molecule has 10 heteroatoms. The van der Waals surface area contributed by atoms with Crippen LogP contribution in [0.25, 0.3) is 11.3 Å². The fourth-order valence-electron chi connectivity index (χ4n) is 3.07. The molecule has 0 spiro atoms. The van der Waals surface area contributed by atoms with Gasteiger partial charge in [-0.15, -0.1) is 0 Å². The Labute approximate surface area is 186 Å². The first kappa shape index (κ1) is 22.9. The Morgan fingerprint density at radius 2 is 1.66 bits per heavy atom. The molecule has 0 radical (unpaired) electrons. The Morgan fingerprint density at radius 3 is 2.16 bits per heavy atom. The molecule has 3 amide bonds. The number of amides is 3. The van der Waals surface area contributed by atoms with Crippen molar-refractivity contribution >= 4 is 29.3 Å². The predicted octanol–water partition coefficient (Wildman–Crippen LogP) is 3.92. The fraction of sp³-hybridized carbons (Fsp3) is 0.364. The van der Waals surface area contributed by atoms with Crippen LogP contribution in [0.3, 0.4) is 0 Å². The highest BCUT2D eigenvalue weighted by atomic mass is 16.5. The number of nitrogens with zero attached hydrogens (tertiary/aromatic N) is 3. The molecule has 3 rings (SSSR count). The number of nitrogens with one attached hydrogen (secondary N) is 2. The number of anilines is 3. The van der Waals surface area contributed by atoms with Gasteiger partial charge in [-0.2, -0.15) is 5.10 Å². The molecule has 0 fully saturated rings. The van der Waals surface area contributed by atoms with Crippen molar-refractivity contribution in [1.82, 2.24) is 14.9 Å². The first-order valence-electron chi connectivity index (χ1n) is 10.1. The average molecular weight is 440 g/mol. The van der Waals surface area contributed by atoms with Crippen molar-refractivity contribution in [2.75, 3.05) is 16.4 Å². The van der Waals surface area contributed by atoms with Crippen LogP contribution in [0.1, 0.15) is 57.7 Å². The summed E-state index contributed by atoms with van der Waals surface area (Å²) in [6.07, 6.45) is 0. The number of aromatic nitrogens is 3. The minimum Gasteiger partial charge on any atom is -0.383 e. The van der Waals surface area contributed by atoms with Crippen LogP contribution in [0.4, 0.5) is 22.1 Å². The van der Waals surface area contributed by atoms with Gasteiger partial charge in [-0.25, -0.2) is 9.48 Å². The van der Waals surface area contributed by atoms with E-state index in [0.717, 1.165) is 0 Å². The predicted molar refractivity (Wildman–Crippen MR) is 123 cm³/mol. The van der Waals surface area contributed by atoms with Crippen molar-refractivity contribution < 1.29 is 14.1 Å². The van der Waals surface area contributed by atoms with Crippen LogP contribution in [0, 0.1) is 0 Å². The van der Waals surface area contributed by atoms with Crippen LogP contribution in [0.5, 0.6) is 0 Å². The van der Waals surface area contributed by atoms with Crippen LogP contribution >= 0.6 is 0 Å². The zero-order valence-corrected chi connectivity index (χ0v) is 19.1. The molecule has 0 atom stereocenters. The molecule has 170 valence electrons. The highest BCUT2D eigenvalue weighted by Gasteiger charge is 2.27. The summed E-state index contributed by atoms with van der Waals surface area (Å²) >= 11 is 0. The van der Waals surface area contributed by atoms with Gasteiger partial charge >= 0.3 is 6.03 Å². The number of rotatable bonds is 4. The molecule has 2 aromatic heterocycles. The lowest BCUT2D eigenvalue weighted by atomic mass is 9.93. The highest BCUT2D eigenvalue weighted by molar-refractivity contribution is 6.03. The third-order valence-electron chi connectivity index (χ3n) is 4.71. The first-order chi connectivity index (χ1) is 14.8. The summed E-state index contributed by atoms with van der Waals surface area (Å²) in [7, 11) is 0. The number of benzene rings is 1. The Hall–Kier alpha value is -3.82. The van der Waals surface area contributed by atoms with Crippen LogP contribution in [0.2, 0.25) is 0 Å². The van der Waals surface area contributed by atoms with Crippen molar-refractivity contribution in [3.8, 4) is 11.3 Å². The number of primary amides is 1. The summed E-state index contributed by atoms with van der Waals surface area (Å²) in [5.74, 6) is 0.537. The molecule has 2 heterocycles. The van der Waals surface area contributed by atoms with Gasteiger partial charge in [0.2, 0.25) is 0 Å². The molecule has 32 heavy (non-hydrogen) atoms.